The van der Waals surface area contributed by atoms with Crippen molar-refractivity contribution in [2.24, 2.45) is 0 Å². The van der Waals surface area contributed by atoms with Gasteiger partial charge in [0, 0.05) is 25.0 Å². The second-order valence-corrected chi connectivity index (χ2v) is 4.94. The third-order valence-electron chi connectivity index (χ3n) is 2.24. The van der Waals surface area contributed by atoms with Crippen molar-refractivity contribution in [2.75, 3.05) is 18.5 Å². The van der Waals surface area contributed by atoms with Crippen molar-refractivity contribution in [1.82, 2.24) is 0 Å². The van der Waals surface area contributed by atoms with Gasteiger partial charge in [0.15, 0.2) is 11.5 Å². The number of halogens is 1. The first-order valence-corrected chi connectivity index (χ1v) is 6.22. The van der Waals surface area contributed by atoms with Gasteiger partial charge in [-0.1, -0.05) is 0 Å². The number of hydrogen-bond donors (Lipinski definition) is 0. The van der Waals surface area contributed by atoms with Crippen LogP contribution in [0.3, 0.4) is 0 Å². The van der Waals surface area contributed by atoms with E-state index >= 15 is 0 Å². The topological polar surface area (TPSA) is 33.5 Å². The molecule has 15 heavy (non-hydrogen) atoms. The van der Waals surface area contributed by atoms with Gasteiger partial charge in [0.2, 0.25) is 5.43 Å². The van der Waals surface area contributed by atoms with E-state index in [0.717, 1.165) is 11.0 Å². The van der Waals surface area contributed by atoms with E-state index in [1.54, 1.807) is 0 Å². The Morgan fingerprint density at radius 3 is 3.00 bits per heavy atom. The van der Waals surface area contributed by atoms with Crippen LogP contribution in [0.1, 0.15) is 6.92 Å². The highest BCUT2D eigenvalue weighted by Crippen LogP contribution is 2.30. The summed E-state index contributed by atoms with van der Waals surface area (Å²) < 4.78 is 7.16. The van der Waals surface area contributed by atoms with E-state index in [1.165, 1.54) is 17.4 Å². The van der Waals surface area contributed by atoms with Crippen LogP contribution in [0.4, 0.5) is 5.88 Å². The van der Waals surface area contributed by atoms with Crippen LogP contribution in [-0.4, -0.2) is 13.6 Å². The molecule has 0 aliphatic rings. The molecule has 5 heteroatoms. The molecule has 2 heterocycles. The lowest BCUT2D eigenvalue weighted by Gasteiger charge is -2.14. The summed E-state index contributed by atoms with van der Waals surface area (Å²) in [5.74, 6) is 0.606. The summed E-state index contributed by atoms with van der Waals surface area (Å²) >= 11 is 4.76. The molecule has 0 radical (unpaired) electrons. The maximum absolute atomic E-state index is 11.7. The Morgan fingerprint density at radius 2 is 2.33 bits per heavy atom. The molecule has 80 valence electrons. The fourth-order valence-electron chi connectivity index (χ4n) is 1.25. The van der Waals surface area contributed by atoms with Gasteiger partial charge >= 0.3 is 0 Å². The number of rotatable bonds is 2. The van der Waals surface area contributed by atoms with Crippen molar-refractivity contribution in [3.63, 3.8) is 0 Å². The number of thiophene rings is 1. The minimum Gasteiger partial charge on any atom is -0.438 e. The van der Waals surface area contributed by atoms with E-state index in [4.69, 9.17) is 4.42 Å². The van der Waals surface area contributed by atoms with Crippen LogP contribution in [0.25, 0.3) is 10.3 Å². The van der Waals surface area contributed by atoms with Gasteiger partial charge in [-0.05, 0) is 22.9 Å². The fraction of sp³-hybridized carbons (Fsp3) is 0.300. The SMILES string of the molecule is CCN(C)c1cc(=O)c2scc(Br)c2o1. The molecule has 0 atom stereocenters. The van der Waals surface area contributed by atoms with Crippen LogP contribution < -0.4 is 10.3 Å². The molecule has 0 aliphatic heterocycles. The Bertz CT molecular complexity index is 546. The summed E-state index contributed by atoms with van der Waals surface area (Å²) in [5, 5.41) is 1.87. The molecule has 2 rings (SSSR count). The number of anilines is 1. The van der Waals surface area contributed by atoms with Crippen LogP contribution in [0.2, 0.25) is 0 Å². The van der Waals surface area contributed by atoms with Gasteiger partial charge in [-0.3, -0.25) is 4.79 Å². The molecule has 0 spiro atoms. The lowest BCUT2D eigenvalue weighted by Crippen LogP contribution is -2.17. The van der Waals surface area contributed by atoms with Gasteiger partial charge in [-0.25, -0.2) is 0 Å². The maximum Gasteiger partial charge on any atom is 0.204 e. The van der Waals surface area contributed by atoms with Gasteiger partial charge in [0.1, 0.15) is 4.70 Å². The molecule has 3 nitrogen and oxygen atoms in total. The minimum atomic E-state index is 0.0160. The van der Waals surface area contributed by atoms with E-state index in [1.807, 2.05) is 24.3 Å². The normalized spacial score (nSPS) is 10.9. The Hall–Kier alpha value is -0.810. The average molecular weight is 288 g/mol. The van der Waals surface area contributed by atoms with Gasteiger partial charge in [-0.2, -0.15) is 0 Å². The van der Waals surface area contributed by atoms with Crippen molar-refractivity contribution in [1.29, 1.82) is 0 Å². The largest absolute Gasteiger partial charge is 0.438 e. The van der Waals surface area contributed by atoms with Crippen LogP contribution >= 0.6 is 27.3 Å². The first kappa shape index (κ1) is 10.7. The highest BCUT2D eigenvalue weighted by Gasteiger charge is 2.11. The first-order chi connectivity index (χ1) is 7.13. The molecule has 0 unspecified atom stereocenters. The molecule has 2 aromatic heterocycles. The van der Waals surface area contributed by atoms with Crippen molar-refractivity contribution in [2.45, 2.75) is 6.92 Å². The van der Waals surface area contributed by atoms with Crippen molar-refractivity contribution >= 4 is 43.4 Å². The third-order valence-corrected chi connectivity index (χ3v) is 4.11. The zero-order valence-corrected chi connectivity index (χ0v) is 10.8. The fourth-order valence-corrected chi connectivity index (χ4v) is 2.70. The number of fused-ring (bicyclic) bond motifs is 1. The molecular formula is C10H10BrNO2S. The van der Waals surface area contributed by atoms with Crippen LogP contribution in [0.5, 0.6) is 0 Å². The molecular weight excluding hydrogens is 278 g/mol. The predicted molar refractivity (Wildman–Crippen MR) is 67.0 cm³/mol. The second-order valence-electron chi connectivity index (χ2n) is 3.20. The van der Waals surface area contributed by atoms with Crippen LogP contribution in [0.15, 0.2) is 25.1 Å². The van der Waals surface area contributed by atoms with Crippen LogP contribution in [-0.2, 0) is 0 Å². The predicted octanol–water partition coefficient (Wildman–Crippen LogP) is 3.07. The lowest BCUT2D eigenvalue weighted by molar-refractivity contribution is 0.588. The van der Waals surface area contributed by atoms with Gasteiger partial charge in [0.05, 0.1) is 4.47 Å². The Balaban J connectivity index is 2.70. The molecule has 0 saturated heterocycles. The van der Waals surface area contributed by atoms with Crippen molar-refractivity contribution in [3.8, 4) is 0 Å². The van der Waals surface area contributed by atoms with Gasteiger partial charge < -0.3 is 9.32 Å². The maximum atomic E-state index is 11.7. The van der Waals surface area contributed by atoms with Crippen molar-refractivity contribution < 1.29 is 4.42 Å². The first-order valence-electron chi connectivity index (χ1n) is 4.55. The molecule has 2 aromatic rings. The monoisotopic (exact) mass is 287 g/mol. The lowest BCUT2D eigenvalue weighted by atomic mass is 10.4. The summed E-state index contributed by atoms with van der Waals surface area (Å²) in [6.07, 6.45) is 0. The minimum absolute atomic E-state index is 0.0160. The van der Waals surface area contributed by atoms with Crippen LogP contribution in [0, 0.1) is 0 Å². The standard InChI is InChI=1S/C10H10BrNO2S/c1-3-12(2)8-4-7(13)10-9(14-8)6(11)5-15-10/h4-5H,3H2,1-2H3. The van der Waals surface area contributed by atoms with Gasteiger partial charge in [-0.15, -0.1) is 11.3 Å². The van der Waals surface area contributed by atoms with E-state index in [0.29, 0.717) is 16.2 Å². The molecule has 0 bridgehead atoms. The molecule has 0 N–H and O–H groups in total. The number of hydrogen-bond acceptors (Lipinski definition) is 4. The van der Waals surface area contributed by atoms with E-state index in [9.17, 15) is 4.79 Å². The Kier molecular flexibility index (Phi) is 2.84. The zero-order valence-electron chi connectivity index (χ0n) is 8.41. The summed E-state index contributed by atoms with van der Waals surface area (Å²) in [6, 6.07) is 1.54. The molecule has 0 fully saturated rings. The highest BCUT2D eigenvalue weighted by atomic mass is 79.9. The highest BCUT2D eigenvalue weighted by molar-refractivity contribution is 9.10. The summed E-state index contributed by atoms with van der Waals surface area (Å²) in [6.45, 7) is 2.81. The number of nitrogens with zero attached hydrogens (tertiary/aromatic N) is 1. The average Bonchev–Trinajstić information content (AvgIpc) is 2.60. The third kappa shape index (κ3) is 1.81. The Labute approximate surface area is 99.4 Å². The molecule has 0 aromatic carbocycles. The van der Waals surface area contributed by atoms with E-state index < -0.39 is 0 Å². The second kappa shape index (κ2) is 3.98. The quantitative estimate of drug-likeness (QED) is 0.851. The molecule has 0 saturated carbocycles. The smallest absolute Gasteiger partial charge is 0.204 e. The van der Waals surface area contributed by atoms with E-state index in [2.05, 4.69) is 15.9 Å². The molecule has 0 amide bonds. The van der Waals surface area contributed by atoms with E-state index in [-0.39, 0.29) is 5.43 Å². The zero-order chi connectivity index (χ0) is 11.0. The van der Waals surface area contributed by atoms with Crippen molar-refractivity contribution in [3.05, 3.63) is 26.1 Å². The summed E-state index contributed by atoms with van der Waals surface area (Å²) in [4.78, 5) is 13.6. The van der Waals surface area contributed by atoms with Gasteiger partial charge in [0.25, 0.3) is 0 Å². The Morgan fingerprint density at radius 1 is 1.60 bits per heavy atom. The summed E-state index contributed by atoms with van der Waals surface area (Å²) in [7, 11) is 1.89. The molecule has 0 aliphatic carbocycles. The summed E-state index contributed by atoms with van der Waals surface area (Å²) in [5.41, 5.74) is 0.657.